The van der Waals surface area contributed by atoms with Gasteiger partial charge in [0.25, 0.3) is 0 Å². The Morgan fingerprint density at radius 2 is 1.86 bits per heavy atom. The van der Waals surface area contributed by atoms with Gasteiger partial charge in [0.15, 0.2) is 0 Å². The van der Waals surface area contributed by atoms with Crippen LogP contribution in [0.1, 0.15) is 65.2 Å². The molecule has 0 amide bonds. The summed E-state index contributed by atoms with van der Waals surface area (Å²) in [4.78, 5) is 23.8. The van der Waals surface area contributed by atoms with Crippen molar-refractivity contribution >= 4 is 11.9 Å². The van der Waals surface area contributed by atoms with Crippen LogP contribution in [0.15, 0.2) is 0 Å². The molecular formula is C16H29NO4. The van der Waals surface area contributed by atoms with Gasteiger partial charge in [0.1, 0.15) is 6.04 Å². The van der Waals surface area contributed by atoms with E-state index >= 15 is 0 Å². The number of carbonyl (C=O) groups excluding carboxylic acids is 2. The molecule has 1 N–H and O–H groups in total. The van der Waals surface area contributed by atoms with E-state index < -0.39 is 6.04 Å². The highest BCUT2D eigenvalue weighted by Gasteiger charge is 2.27. The Morgan fingerprint density at radius 3 is 2.48 bits per heavy atom. The topological polar surface area (TPSA) is 64.6 Å². The average molecular weight is 299 g/mol. The predicted molar refractivity (Wildman–Crippen MR) is 80.9 cm³/mol. The molecule has 122 valence electrons. The summed E-state index contributed by atoms with van der Waals surface area (Å²) in [6.07, 6.45) is 7.59. The molecule has 1 rings (SSSR count). The lowest BCUT2D eigenvalue weighted by atomic mass is 9.94. The number of nitrogens with one attached hydrogen (secondary N) is 1. The second-order valence-electron chi connectivity index (χ2n) is 5.58. The molecule has 0 aromatic rings. The predicted octanol–water partition coefficient (Wildman–Crippen LogP) is 2.57. The molecule has 21 heavy (non-hydrogen) atoms. The van der Waals surface area contributed by atoms with E-state index in [1.54, 1.807) is 6.92 Å². The molecule has 5 nitrogen and oxygen atoms in total. The molecule has 0 saturated heterocycles. The van der Waals surface area contributed by atoms with Crippen LogP contribution in [0, 0.1) is 0 Å². The first-order valence-electron chi connectivity index (χ1n) is 8.25. The molecule has 1 saturated carbocycles. The first kappa shape index (κ1) is 18.0. The van der Waals surface area contributed by atoms with Crippen molar-refractivity contribution in [2.45, 2.75) is 77.3 Å². The van der Waals surface area contributed by atoms with E-state index in [9.17, 15) is 9.59 Å². The van der Waals surface area contributed by atoms with Crippen molar-refractivity contribution in [1.29, 1.82) is 0 Å². The Kier molecular flexibility index (Phi) is 9.06. The molecule has 0 aromatic carbocycles. The van der Waals surface area contributed by atoms with Crippen molar-refractivity contribution in [3.63, 3.8) is 0 Å². The molecule has 0 bridgehead atoms. The van der Waals surface area contributed by atoms with Crippen LogP contribution in [-0.4, -0.2) is 37.2 Å². The van der Waals surface area contributed by atoms with Crippen LogP contribution in [0.4, 0.5) is 0 Å². The fourth-order valence-electron chi connectivity index (χ4n) is 2.57. The van der Waals surface area contributed by atoms with Crippen molar-refractivity contribution in [2.24, 2.45) is 0 Å². The molecule has 0 aromatic heterocycles. The number of esters is 2. The third-order valence-electron chi connectivity index (χ3n) is 3.74. The van der Waals surface area contributed by atoms with Crippen LogP contribution in [0.3, 0.4) is 0 Å². The van der Waals surface area contributed by atoms with Gasteiger partial charge in [0.05, 0.1) is 19.6 Å². The van der Waals surface area contributed by atoms with E-state index in [0.717, 1.165) is 25.7 Å². The Hall–Kier alpha value is -1.10. The van der Waals surface area contributed by atoms with E-state index in [-0.39, 0.29) is 18.4 Å². The summed E-state index contributed by atoms with van der Waals surface area (Å²) >= 11 is 0. The minimum atomic E-state index is -0.580. The Balaban J connectivity index is 2.50. The molecular weight excluding hydrogens is 270 g/mol. The van der Waals surface area contributed by atoms with Crippen LogP contribution in [-0.2, 0) is 19.1 Å². The molecule has 0 aliphatic heterocycles. The summed E-state index contributed by atoms with van der Waals surface area (Å²) in [5.74, 6) is -0.680. The van der Waals surface area contributed by atoms with Crippen LogP contribution in [0.2, 0.25) is 0 Å². The van der Waals surface area contributed by atoms with Gasteiger partial charge >= 0.3 is 11.9 Å². The fourth-order valence-corrected chi connectivity index (χ4v) is 2.57. The van der Waals surface area contributed by atoms with Crippen molar-refractivity contribution in [3.05, 3.63) is 0 Å². The highest BCUT2D eigenvalue weighted by atomic mass is 16.5. The zero-order chi connectivity index (χ0) is 15.5. The van der Waals surface area contributed by atoms with Gasteiger partial charge < -0.3 is 14.8 Å². The molecule has 1 fully saturated rings. The number of rotatable bonds is 9. The number of hydrogen-bond acceptors (Lipinski definition) is 5. The highest BCUT2D eigenvalue weighted by Crippen LogP contribution is 2.18. The summed E-state index contributed by atoms with van der Waals surface area (Å²) in [6.45, 7) is 4.56. The largest absolute Gasteiger partial charge is 0.466 e. The smallest absolute Gasteiger partial charge is 0.323 e. The van der Waals surface area contributed by atoms with Gasteiger partial charge in [-0.05, 0) is 26.2 Å². The van der Waals surface area contributed by atoms with Crippen molar-refractivity contribution < 1.29 is 19.1 Å². The standard InChI is InChI=1S/C16H29NO4/c1-3-5-11-21-16(19)14(12-15(18)20-4-2)17-13-9-7-6-8-10-13/h13-14,17H,3-12H2,1-2H3. The average Bonchev–Trinajstić information content (AvgIpc) is 2.48. The van der Waals surface area contributed by atoms with Crippen molar-refractivity contribution in [3.8, 4) is 0 Å². The minimum Gasteiger partial charge on any atom is -0.466 e. The number of ether oxygens (including phenoxy) is 2. The Bertz CT molecular complexity index is 313. The molecule has 1 aliphatic carbocycles. The van der Waals surface area contributed by atoms with Gasteiger partial charge in [-0.1, -0.05) is 32.6 Å². The summed E-state index contributed by atoms with van der Waals surface area (Å²) in [5.41, 5.74) is 0. The number of unbranched alkanes of at least 4 members (excludes halogenated alkanes) is 1. The summed E-state index contributed by atoms with van der Waals surface area (Å²) in [5, 5.41) is 3.30. The van der Waals surface area contributed by atoms with Crippen LogP contribution in [0.25, 0.3) is 0 Å². The van der Waals surface area contributed by atoms with Gasteiger partial charge in [0.2, 0.25) is 0 Å². The molecule has 1 atom stereocenters. The minimum absolute atomic E-state index is 0.0509. The van der Waals surface area contributed by atoms with Gasteiger partial charge in [0, 0.05) is 6.04 Å². The first-order valence-corrected chi connectivity index (χ1v) is 8.25. The summed E-state index contributed by atoms with van der Waals surface area (Å²) in [6, 6.07) is -0.277. The van der Waals surface area contributed by atoms with E-state index in [4.69, 9.17) is 9.47 Å². The first-order chi connectivity index (χ1) is 10.2. The van der Waals surface area contributed by atoms with Crippen LogP contribution < -0.4 is 5.32 Å². The normalized spacial score (nSPS) is 17.2. The van der Waals surface area contributed by atoms with E-state index in [2.05, 4.69) is 5.32 Å². The molecule has 0 spiro atoms. The van der Waals surface area contributed by atoms with E-state index in [1.807, 2.05) is 6.92 Å². The third-order valence-corrected chi connectivity index (χ3v) is 3.74. The molecule has 0 radical (unpaired) electrons. The maximum atomic E-state index is 12.1. The molecule has 0 heterocycles. The lowest BCUT2D eigenvalue weighted by Crippen LogP contribution is -2.46. The second-order valence-corrected chi connectivity index (χ2v) is 5.58. The summed E-state index contributed by atoms with van der Waals surface area (Å²) in [7, 11) is 0. The zero-order valence-corrected chi connectivity index (χ0v) is 13.4. The van der Waals surface area contributed by atoms with Gasteiger partial charge in [-0.15, -0.1) is 0 Å². The van der Waals surface area contributed by atoms with E-state index in [0.29, 0.717) is 19.3 Å². The Labute approximate surface area is 127 Å². The lowest BCUT2D eigenvalue weighted by molar-refractivity contribution is -0.153. The highest BCUT2D eigenvalue weighted by molar-refractivity contribution is 5.82. The lowest BCUT2D eigenvalue weighted by Gasteiger charge is -2.27. The second kappa shape index (κ2) is 10.6. The van der Waals surface area contributed by atoms with Crippen LogP contribution >= 0.6 is 0 Å². The van der Waals surface area contributed by atoms with Gasteiger partial charge in [-0.25, -0.2) is 0 Å². The van der Waals surface area contributed by atoms with E-state index in [1.165, 1.54) is 19.3 Å². The molecule has 5 heteroatoms. The maximum Gasteiger partial charge on any atom is 0.323 e. The molecule has 1 unspecified atom stereocenters. The molecule has 1 aliphatic rings. The summed E-state index contributed by atoms with van der Waals surface area (Å²) < 4.78 is 10.2. The monoisotopic (exact) mass is 299 g/mol. The van der Waals surface area contributed by atoms with Crippen LogP contribution in [0.5, 0.6) is 0 Å². The number of carbonyl (C=O) groups is 2. The SMILES string of the molecule is CCCCOC(=O)C(CC(=O)OCC)NC1CCCCC1. The zero-order valence-electron chi connectivity index (χ0n) is 13.4. The number of hydrogen-bond donors (Lipinski definition) is 1. The van der Waals surface area contributed by atoms with Crippen molar-refractivity contribution in [1.82, 2.24) is 5.32 Å². The third kappa shape index (κ3) is 7.46. The quantitative estimate of drug-likeness (QED) is 0.523. The maximum absolute atomic E-state index is 12.1. The fraction of sp³-hybridized carbons (Fsp3) is 0.875. The van der Waals surface area contributed by atoms with Gasteiger partial charge in [-0.2, -0.15) is 0 Å². The van der Waals surface area contributed by atoms with Gasteiger partial charge in [-0.3, -0.25) is 9.59 Å². The van der Waals surface area contributed by atoms with Crippen molar-refractivity contribution in [2.75, 3.05) is 13.2 Å². The Morgan fingerprint density at radius 1 is 1.14 bits per heavy atom.